The average molecular weight is 240 g/mol. The molecule has 0 aliphatic heterocycles. The first-order valence-electron chi connectivity index (χ1n) is 5.43. The van der Waals surface area contributed by atoms with Gasteiger partial charge < -0.3 is 14.1 Å². The maximum absolute atomic E-state index is 5.46. The van der Waals surface area contributed by atoms with E-state index in [9.17, 15) is 0 Å². The Morgan fingerprint density at radius 1 is 1.71 bits per heavy atom. The molecule has 0 amide bonds. The predicted molar refractivity (Wildman–Crippen MR) is 66.3 cm³/mol. The summed E-state index contributed by atoms with van der Waals surface area (Å²) in [5.41, 5.74) is 3.66. The van der Waals surface area contributed by atoms with Gasteiger partial charge in [0.15, 0.2) is 0 Å². The van der Waals surface area contributed by atoms with Gasteiger partial charge in [0.05, 0.1) is 25.2 Å². The molecule has 0 bridgehead atoms. The summed E-state index contributed by atoms with van der Waals surface area (Å²) in [5.74, 6) is 6.08. The Labute approximate surface area is 101 Å². The van der Waals surface area contributed by atoms with E-state index < -0.39 is 0 Å². The van der Waals surface area contributed by atoms with Crippen molar-refractivity contribution in [1.82, 2.24) is 10.3 Å². The van der Waals surface area contributed by atoms with Crippen LogP contribution in [0, 0.1) is 0 Å². The van der Waals surface area contributed by atoms with E-state index in [1.807, 2.05) is 24.9 Å². The molecule has 1 aromatic rings. The second-order valence-electron chi connectivity index (χ2n) is 3.89. The highest BCUT2D eigenvalue weighted by Gasteiger charge is 2.08. The SMILES string of the molecule is COCC(C)N=C(NN)N(C)Cc1ccoc1. The Bertz CT molecular complexity index is 337. The quantitative estimate of drug-likeness (QED) is 0.340. The maximum atomic E-state index is 5.46. The van der Waals surface area contributed by atoms with Gasteiger partial charge in [-0.1, -0.05) is 0 Å². The molecule has 1 aromatic heterocycles. The third-order valence-electron chi connectivity index (χ3n) is 2.24. The normalized spacial score (nSPS) is 13.5. The number of hydrogen-bond donors (Lipinski definition) is 2. The first-order valence-corrected chi connectivity index (χ1v) is 5.43. The van der Waals surface area contributed by atoms with Crippen molar-refractivity contribution in [3.8, 4) is 0 Å². The Morgan fingerprint density at radius 3 is 3.00 bits per heavy atom. The lowest BCUT2D eigenvalue weighted by atomic mass is 10.3. The molecule has 0 saturated carbocycles. The molecule has 0 aliphatic rings. The van der Waals surface area contributed by atoms with E-state index in [4.69, 9.17) is 15.0 Å². The van der Waals surface area contributed by atoms with Gasteiger partial charge in [0, 0.05) is 26.3 Å². The fourth-order valence-corrected chi connectivity index (χ4v) is 1.46. The summed E-state index contributed by atoms with van der Waals surface area (Å²) in [6.07, 6.45) is 3.34. The van der Waals surface area contributed by atoms with Gasteiger partial charge in [-0.25, -0.2) is 10.8 Å². The Hall–Kier alpha value is -1.53. The van der Waals surface area contributed by atoms with Crippen molar-refractivity contribution in [2.75, 3.05) is 20.8 Å². The van der Waals surface area contributed by atoms with E-state index in [1.54, 1.807) is 19.6 Å². The van der Waals surface area contributed by atoms with Crippen LogP contribution in [0.2, 0.25) is 0 Å². The van der Waals surface area contributed by atoms with E-state index >= 15 is 0 Å². The van der Waals surface area contributed by atoms with Gasteiger partial charge in [-0.2, -0.15) is 0 Å². The molecule has 1 rings (SSSR count). The minimum atomic E-state index is 0.0536. The standard InChI is InChI=1S/C11H20N4O2/c1-9(7-16-3)13-11(14-12)15(2)6-10-4-5-17-8-10/h4-5,8-9H,6-7,12H2,1-3H3,(H,13,14). The van der Waals surface area contributed by atoms with Crippen LogP contribution in [0.5, 0.6) is 0 Å². The number of aliphatic imine (C=N–C) groups is 1. The van der Waals surface area contributed by atoms with Gasteiger partial charge in [-0.15, -0.1) is 0 Å². The summed E-state index contributed by atoms with van der Waals surface area (Å²) in [4.78, 5) is 6.33. The van der Waals surface area contributed by atoms with Gasteiger partial charge >= 0.3 is 0 Å². The molecular weight excluding hydrogens is 220 g/mol. The summed E-state index contributed by atoms with van der Waals surface area (Å²) in [5, 5.41) is 0. The highest BCUT2D eigenvalue weighted by atomic mass is 16.5. The molecule has 0 saturated heterocycles. The van der Waals surface area contributed by atoms with Crippen LogP contribution in [0.25, 0.3) is 0 Å². The van der Waals surface area contributed by atoms with Crippen LogP contribution in [0.15, 0.2) is 28.0 Å². The van der Waals surface area contributed by atoms with Crippen molar-refractivity contribution in [3.05, 3.63) is 24.2 Å². The zero-order chi connectivity index (χ0) is 12.7. The fraction of sp³-hybridized carbons (Fsp3) is 0.545. The molecule has 0 fully saturated rings. The number of methoxy groups -OCH3 is 1. The van der Waals surface area contributed by atoms with Gasteiger partial charge in [0.2, 0.25) is 5.96 Å². The van der Waals surface area contributed by atoms with Crippen LogP contribution in [-0.2, 0) is 11.3 Å². The topological polar surface area (TPSA) is 76.0 Å². The van der Waals surface area contributed by atoms with Crippen LogP contribution in [0.1, 0.15) is 12.5 Å². The van der Waals surface area contributed by atoms with Gasteiger partial charge in [-0.05, 0) is 13.0 Å². The van der Waals surface area contributed by atoms with Crippen molar-refractivity contribution >= 4 is 5.96 Å². The first-order chi connectivity index (χ1) is 8.17. The smallest absolute Gasteiger partial charge is 0.208 e. The minimum Gasteiger partial charge on any atom is -0.472 e. The number of guanidine groups is 1. The Kier molecular flexibility index (Phi) is 5.51. The summed E-state index contributed by atoms with van der Waals surface area (Å²) >= 11 is 0. The Morgan fingerprint density at radius 2 is 2.47 bits per heavy atom. The number of hydrazine groups is 1. The van der Waals surface area contributed by atoms with Gasteiger partial charge in [0.25, 0.3) is 0 Å². The molecular formula is C11H20N4O2. The summed E-state index contributed by atoms with van der Waals surface area (Å²) in [7, 11) is 3.56. The molecule has 1 unspecified atom stereocenters. The van der Waals surface area contributed by atoms with Crippen molar-refractivity contribution < 1.29 is 9.15 Å². The lowest BCUT2D eigenvalue weighted by Gasteiger charge is -2.21. The number of hydrogen-bond acceptors (Lipinski definition) is 4. The van der Waals surface area contributed by atoms with Crippen LogP contribution >= 0.6 is 0 Å². The van der Waals surface area contributed by atoms with Crippen LogP contribution < -0.4 is 11.3 Å². The van der Waals surface area contributed by atoms with E-state index in [-0.39, 0.29) is 6.04 Å². The van der Waals surface area contributed by atoms with Crippen LogP contribution in [0.3, 0.4) is 0 Å². The van der Waals surface area contributed by atoms with E-state index in [0.717, 1.165) is 5.56 Å². The predicted octanol–water partition coefficient (Wildman–Crippen LogP) is 0.566. The van der Waals surface area contributed by atoms with Crippen molar-refractivity contribution in [1.29, 1.82) is 0 Å². The second kappa shape index (κ2) is 6.93. The number of nitrogens with zero attached hydrogens (tertiary/aromatic N) is 2. The van der Waals surface area contributed by atoms with Crippen molar-refractivity contribution in [3.63, 3.8) is 0 Å². The zero-order valence-electron chi connectivity index (χ0n) is 10.5. The zero-order valence-corrected chi connectivity index (χ0v) is 10.5. The molecule has 1 heterocycles. The molecule has 6 heteroatoms. The lowest BCUT2D eigenvalue weighted by molar-refractivity contribution is 0.185. The van der Waals surface area contributed by atoms with Gasteiger partial charge in [-0.3, -0.25) is 5.43 Å². The molecule has 3 N–H and O–H groups in total. The highest BCUT2D eigenvalue weighted by Crippen LogP contribution is 2.04. The third-order valence-corrected chi connectivity index (χ3v) is 2.24. The highest BCUT2D eigenvalue weighted by molar-refractivity contribution is 5.79. The number of rotatable bonds is 5. The van der Waals surface area contributed by atoms with Crippen molar-refractivity contribution in [2.45, 2.75) is 19.5 Å². The fourth-order valence-electron chi connectivity index (χ4n) is 1.46. The summed E-state index contributed by atoms with van der Waals surface area (Å²) in [6.45, 7) is 3.20. The molecule has 0 aromatic carbocycles. The van der Waals surface area contributed by atoms with Crippen LogP contribution in [0.4, 0.5) is 0 Å². The third kappa shape index (κ3) is 4.46. The van der Waals surface area contributed by atoms with E-state index in [0.29, 0.717) is 19.1 Å². The largest absolute Gasteiger partial charge is 0.472 e. The molecule has 0 spiro atoms. The van der Waals surface area contributed by atoms with Gasteiger partial charge in [0.1, 0.15) is 0 Å². The maximum Gasteiger partial charge on any atom is 0.208 e. The molecule has 6 nitrogen and oxygen atoms in total. The number of furan rings is 1. The molecule has 0 radical (unpaired) electrons. The molecule has 17 heavy (non-hydrogen) atoms. The molecule has 1 atom stereocenters. The van der Waals surface area contributed by atoms with Crippen LogP contribution in [-0.4, -0.2) is 37.7 Å². The van der Waals surface area contributed by atoms with E-state index in [1.165, 1.54) is 0 Å². The minimum absolute atomic E-state index is 0.0536. The Balaban J connectivity index is 2.60. The van der Waals surface area contributed by atoms with Crippen molar-refractivity contribution in [2.24, 2.45) is 10.8 Å². The number of ether oxygens (including phenoxy) is 1. The van der Waals surface area contributed by atoms with E-state index in [2.05, 4.69) is 10.4 Å². The summed E-state index contributed by atoms with van der Waals surface area (Å²) in [6, 6.07) is 1.96. The first kappa shape index (κ1) is 13.5. The number of nitrogens with two attached hydrogens (primary N) is 1. The number of nitrogens with one attached hydrogen (secondary N) is 1. The monoisotopic (exact) mass is 240 g/mol. The summed E-state index contributed by atoms with van der Waals surface area (Å²) < 4.78 is 10.0. The average Bonchev–Trinajstić information content (AvgIpc) is 2.78. The lowest BCUT2D eigenvalue weighted by Crippen LogP contribution is -2.43. The second-order valence-corrected chi connectivity index (χ2v) is 3.89. The molecule has 0 aliphatic carbocycles. The molecule has 96 valence electrons.